The lowest BCUT2D eigenvalue weighted by Crippen LogP contribution is -2.21. The van der Waals surface area contributed by atoms with Gasteiger partial charge in [0.2, 0.25) is 10.0 Å². The molecule has 2 aromatic rings. The normalized spacial score (nSPS) is 11.3. The van der Waals surface area contributed by atoms with Gasteiger partial charge >= 0.3 is 0 Å². The van der Waals surface area contributed by atoms with Crippen LogP contribution >= 0.6 is 0 Å². The molecule has 0 aliphatic rings. The summed E-state index contributed by atoms with van der Waals surface area (Å²) >= 11 is 0. The van der Waals surface area contributed by atoms with Crippen LogP contribution in [0, 0.1) is 17.5 Å². The number of hydrogen-bond donors (Lipinski definition) is 2. The first-order valence-electron chi connectivity index (χ1n) is 6.24. The van der Waals surface area contributed by atoms with Gasteiger partial charge in [0.05, 0.1) is 0 Å². The minimum absolute atomic E-state index is 0.0313. The number of hydrogen-bond acceptors (Lipinski definition) is 3. The first kappa shape index (κ1) is 17.0. The predicted octanol–water partition coefficient (Wildman–Crippen LogP) is 2.26. The Balaban J connectivity index is 2.33. The number of carbonyl (C=O) groups excluding carboxylic acids is 1. The molecule has 0 atom stereocenters. The quantitative estimate of drug-likeness (QED) is 0.893. The topological polar surface area (TPSA) is 75.3 Å². The molecule has 0 aromatic heterocycles. The standard InChI is InChI=1S/C14H11F3N2O3S/c1-18-23(21,22)13-6-8(2-4-11(13)16)14(20)19-9-3-5-10(15)12(17)7-9/h2-7,18H,1H3,(H,19,20). The Kier molecular flexibility index (Phi) is 4.71. The maximum Gasteiger partial charge on any atom is 0.255 e. The molecule has 0 spiro atoms. The van der Waals surface area contributed by atoms with Crippen LogP contribution in [-0.4, -0.2) is 21.4 Å². The molecule has 23 heavy (non-hydrogen) atoms. The van der Waals surface area contributed by atoms with Crippen LogP contribution in [0.4, 0.5) is 18.9 Å². The van der Waals surface area contributed by atoms with Gasteiger partial charge in [0.1, 0.15) is 10.7 Å². The molecule has 0 bridgehead atoms. The van der Waals surface area contributed by atoms with E-state index < -0.39 is 38.3 Å². The van der Waals surface area contributed by atoms with Gasteiger partial charge in [-0.25, -0.2) is 26.3 Å². The van der Waals surface area contributed by atoms with E-state index in [0.29, 0.717) is 0 Å². The molecule has 1 amide bonds. The monoisotopic (exact) mass is 344 g/mol. The van der Waals surface area contributed by atoms with Crippen molar-refractivity contribution >= 4 is 21.6 Å². The van der Waals surface area contributed by atoms with Crippen LogP contribution in [0.3, 0.4) is 0 Å². The van der Waals surface area contributed by atoms with Crippen molar-refractivity contribution in [1.82, 2.24) is 4.72 Å². The predicted molar refractivity (Wildman–Crippen MR) is 77.0 cm³/mol. The summed E-state index contributed by atoms with van der Waals surface area (Å²) in [7, 11) is -2.98. The molecule has 0 heterocycles. The molecule has 2 aromatic carbocycles. The van der Waals surface area contributed by atoms with Crippen LogP contribution in [0.2, 0.25) is 0 Å². The molecule has 0 fully saturated rings. The molecular formula is C14H11F3N2O3S. The zero-order valence-electron chi connectivity index (χ0n) is 11.7. The average molecular weight is 344 g/mol. The van der Waals surface area contributed by atoms with E-state index in [1.54, 1.807) is 0 Å². The zero-order valence-corrected chi connectivity index (χ0v) is 12.5. The molecule has 0 aliphatic heterocycles. The summed E-state index contributed by atoms with van der Waals surface area (Å²) in [6.45, 7) is 0. The number of carbonyl (C=O) groups is 1. The summed E-state index contributed by atoms with van der Waals surface area (Å²) < 4.78 is 64.8. The Morgan fingerprint density at radius 1 is 0.957 bits per heavy atom. The SMILES string of the molecule is CNS(=O)(=O)c1cc(C(=O)Nc2ccc(F)c(F)c2)ccc1F. The van der Waals surface area contributed by atoms with E-state index in [2.05, 4.69) is 5.32 Å². The van der Waals surface area contributed by atoms with Crippen LogP contribution in [0.25, 0.3) is 0 Å². The van der Waals surface area contributed by atoms with Crippen molar-refractivity contribution in [2.75, 3.05) is 12.4 Å². The van der Waals surface area contributed by atoms with Gasteiger partial charge in [-0.3, -0.25) is 4.79 Å². The summed E-state index contributed by atoms with van der Waals surface area (Å²) in [5.74, 6) is -4.06. The van der Waals surface area contributed by atoms with Crippen LogP contribution in [-0.2, 0) is 10.0 Å². The maximum absolute atomic E-state index is 13.6. The third-order valence-electron chi connectivity index (χ3n) is 2.93. The molecule has 2 N–H and O–H groups in total. The third kappa shape index (κ3) is 3.69. The highest BCUT2D eigenvalue weighted by molar-refractivity contribution is 7.89. The number of amides is 1. The Labute approximate surface area is 130 Å². The Morgan fingerprint density at radius 3 is 2.22 bits per heavy atom. The smallest absolute Gasteiger partial charge is 0.255 e. The molecule has 0 saturated heterocycles. The highest BCUT2D eigenvalue weighted by Gasteiger charge is 2.19. The molecule has 5 nitrogen and oxygen atoms in total. The van der Waals surface area contributed by atoms with Gasteiger partial charge in [0.25, 0.3) is 5.91 Å². The molecular weight excluding hydrogens is 333 g/mol. The van der Waals surface area contributed by atoms with Gasteiger partial charge in [-0.05, 0) is 37.4 Å². The van der Waals surface area contributed by atoms with Crippen molar-refractivity contribution in [3.05, 3.63) is 59.4 Å². The van der Waals surface area contributed by atoms with E-state index in [4.69, 9.17) is 0 Å². The third-order valence-corrected chi connectivity index (χ3v) is 4.36. The Morgan fingerprint density at radius 2 is 1.61 bits per heavy atom. The van der Waals surface area contributed by atoms with E-state index in [0.717, 1.165) is 43.4 Å². The van der Waals surface area contributed by atoms with Crippen molar-refractivity contribution in [3.8, 4) is 0 Å². The molecule has 122 valence electrons. The van der Waals surface area contributed by atoms with Crippen molar-refractivity contribution in [3.63, 3.8) is 0 Å². The van der Waals surface area contributed by atoms with Gasteiger partial charge in [-0.1, -0.05) is 0 Å². The number of benzene rings is 2. The first-order valence-corrected chi connectivity index (χ1v) is 7.72. The molecule has 9 heteroatoms. The van der Waals surface area contributed by atoms with E-state index in [1.165, 1.54) is 0 Å². The van der Waals surface area contributed by atoms with E-state index in [-0.39, 0.29) is 11.3 Å². The second-order valence-electron chi connectivity index (χ2n) is 4.44. The minimum Gasteiger partial charge on any atom is -0.322 e. The van der Waals surface area contributed by atoms with Gasteiger partial charge in [-0.2, -0.15) is 0 Å². The minimum atomic E-state index is -4.08. The van der Waals surface area contributed by atoms with Crippen LogP contribution in [0.15, 0.2) is 41.3 Å². The van der Waals surface area contributed by atoms with Crippen molar-refractivity contribution in [2.24, 2.45) is 0 Å². The van der Waals surface area contributed by atoms with Crippen molar-refractivity contribution in [2.45, 2.75) is 4.90 Å². The summed E-state index contributed by atoms with van der Waals surface area (Å²) in [6, 6.07) is 5.46. The first-order chi connectivity index (χ1) is 10.7. The average Bonchev–Trinajstić information content (AvgIpc) is 2.51. The van der Waals surface area contributed by atoms with Gasteiger partial charge < -0.3 is 5.32 Å². The van der Waals surface area contributed by atoms with E-state index in [9.17, 15) is 26.4 Å². The van der Waals surface area contributed by atoms with Crippen molar-refractivity contribution < 1.29 is 26.4 Å². The van der Waals surface area contributed by atoms with Gasteiger partial charge in [0, 0.05) is 17.3 Å². The van der Waals surface area contributed by atoms with Gasteiger partial charge in [0.15, 0.2) is 11.6 Å². The lowest BCUT2D eigenvalue weighted by molar-refractivity contribution is 0.102. The van der Waals surface area contributed by atoms with Crippen LogP contribution < -0.4 is 10.0 Å². The van der Waals surface area contributed by atoms with Crippen molar-refractivity contribution in [1.29, 1.82) is 0 Å². The largest absolute Gasteiger partial charge is 0.322 e. The highest BCUT2D eigenvalue weighted by atomic mass is 32.2. The molecule has 0 radical (unpaired) electrons. The Bertz CT molecular complexity index is 870. The summed E-state index contributed by atoms with van der Waals surface area (Å²) in [6.07, 6.45) is 0. The number of sulfonamides is 1. The number of anilines is 1. The second-order valence-corrected chi connectivity index (χ2v) is 6.29. The summed E-state index contributed by atoms with van der Waals surface area (Å²) in [5, 5.41) is 2.26. The fraction of sp³-hybridized carbons (Fsp3) is 0.0714. The van der Waals surface area contributed by atoms with Crippen LogP contribution in [0.1, 0.15) is 10.4 Å². The summed E-state index contributed by atoms with van der Waals surface area (Å²) in [5.41, 5.74) is -0.193. The lowest BCUT2D eigenvalue weighted by Gasteiger charge is -2.08. The maximum atomic E-state index is 13.6. The van der Waals surface area contributed by atoms with Crippen LogP contribution in [0.5, 0.6) is 0 Å². The lowest BCUT2D eigenvalue weighted by atomic mass is 10.2. The van der Waals surface area contributed by atoms with Gasteiger partial charge in [-0.15, -0.1) is 0 Å². The molecule has 0 aliphatic carbocycles. The van der Waals surface area contributed by atoms with E-state index in [1.807, 2.05) is 4.72 Å². The number of halogens is 3. The number of nitrogens with one attached hydrogen (secondary N) is 2. The Hall–Kier alpha value is -2.39. The molecule has 0 saturated carbocycles. The fourth-order valence-electron chi connectivity index (χ4n) is 1.74. The molecule has 0 unspecified atom stereocenters. The fourth-order valence-corrected chi connectivity index (χ4v) is 2.56. The number of rotatable bonds is 4. The summed E-state index contributed by atoms with van der Waals surface area (Å²) in [4.78, 5) is 11.3. The molecule has 2 rings (SSSR count). The zero-order chi connectivity index (χ0) is 17.2. The second kappa shape index (κ2) is 6.39. The van der Waals surface area contributed by atoms with E-state index >= 15 is 0 Å². The highest BCUT2D eigenvalue weighted by Crippen LogP contribution is 2.18.